The molecule has 1 atom stereocenters. The van der Waals surface area contributed by atoms with Crippen LogP contribution in [-0.4, -0.2) is 50.6 Å². The maximum absolute atomic E-state index is 9.68. The van der Waals surface area contributed by atoms with Crippen molar-refractivity contribution < 1.29 is 14.6 Å². The standard InChI is InChI=1S/C25H33N3O3/c1-3-30-23-7-4-5-8-24(23)31-14-10-27-19(2)15-20-16-21-9-12-28(11-6-13-29)25(21)22(17-20)18-26/h4-5,7-8,16-17,19,27,29H,3,6,9-15H2,1-2H3. The molecular weight excluding hydrogens is 390 g/mol. The number of nitrogens with one attached hydrogen (secondary N) is 1. The highest BCUT2D eigenvalue weighted by molar-refractivity contribution is 5.68. The Morgan fingerprint density at radius 3 is 2.71 bits per heavy atom. The average molecular weight is 424 g/mol. The Morgan fingerprint density at radius 2 is 2.00 bits per heavy atom. The van der Waals surface area contributed by atoms with Gasteiger partial charge in [0.25, 0.3) is 0 Å². The highest BCUT2D eigenvalue weighted by Crippen LogP contribution is 2.33. The van der Waals surface area contributed by atoms with Crippen molar-refractivity contribution in [2.45, 2.75) is 39.2 Å². The Morgan fingerprint density at radius 1 is 1.23 bits per heavy atom. The Kier molecular flexibility index (Phi) is 8.57. The van der Waals surface area contributed by atoms with E-state index in [1.54, 1.807) is 0 Å². The molecule has 166 valence electrons. The zero-order valence-electron chi connectivity index (χ0n) is 18.6. The molecule has 1 unspecified atom stereocenters. The number of aliphatic hydroxyl groups is 1. The van der Waals surface area contributed by atoms with E-state index < -0.39 is 0 Å². The number of nitrogens with zero attached hydrogens (tertiary/aromatic N) is 2. The molecule has 0 amide bonds. The highest BCUT2D eigenvalue weighted by atomic mass is 16.5. The lowest BCUT2D eigenvalue weighted by atomic mass is 9.99. The number of nitriles is 1. The first-order valence-electron chi connectivity index (χ1n) is 11.2. The van der Waals surface area contributed by atoms with Crippen molar-refractivity contribution in [1.29, 1.82) is 5.26 Å². The number of hydrogen-bond acceptors (Lipinski definition) is 6. The first-order chi connectivity index (χ1) is 15.2. The Labute approximate surface area is 185 Å². The molecule has 6 heteroatoms. The van der Waals surface area contributed by atoms with Crippen molar-refractivity contribution in [3.05, 3.63) is 53.1 Å². The molecule has 0 radical (unpaired) electrons. The second kappa shape index (κ2) is 11.6. The van der Waals surface area contributed by atoms with Crippen LogP contribution in [-0.2, 0) is 12.8 Å². The van der Waals surface area contributed by atoms with E-state index in [2.05, 4.69) is 29.3 Å². The molecule has 6 nitrogen and oxygen atoms in total. The summed E-state index contributed by atoms with van der Waals surface area (Å²) in [5, 5.41) is 22.3. The van der Waals surface area contributed by atoms with E-state index >= 15 is 0 Å². The average Bonchev–Trinajstić information content (AvgIpc) is 3.18. The van der Waals surface area contributed by atoms with Crippen molar-refractivity contribution in [1.82, 2.24) is 5.32 Å². The third kappa shape index (κ3) is 6.13. The first-order valence-corrected chi connectivity index (χ1v) is 11.2. The smallest absolute Gasteiger partial charge is 0.161 e. The van der Waals surface area contributed by atoms with Crippen molar-refractivity contribution in [2.75, 3.05) is 44.4 Å². The lowest BCUT2D eigenvalue weighted by molar-refractivity contribution is 0.272. The number of para-hydroxylation sites is 2. The zero-order chi connectivity index (χ0) is 22.1. The summed E-state index contributed by atoms with van der Waals surface area (Å²) in [5.41, 5.74) is 4.23. The van der Waals surface area contributed by atoms with Gasteiger partial charge < -0.3 is 24.8 Å². The molecule has 2 N–H and O–H groups in total. The fourth-order valence-corrected chi connectivity index (χ4v) is 4.12. The van der Waals surface area contributed by atoms with E-state index in [0.717, 1.165) is 61.6 Å². The number of aliphatic hydroxyl groups excluding tert-OH is 1. The Bertz CT molecular complexity index is 894. The highest BCUT2D eigenvalue weighted by Gasteiger charge is 2.23. The summed E-state index contributed by atoms with van der Waals surface area (Å²) in [6.07, 6.45) is 2.54. The number of anilines is 1. The first kappa shape index (κ1) is 22.9. The van der Waals surface area contributed by atoms with Gasteiger partial charge in [-0.25, -0.2) is 0 Å². The molecule has 3 rings (SSSR count). The predicted octanol–water partition coefficient (Wildman–Crippen LogP) is 3.30. The number of benzene rings is 2. The summed E-state index contributed by atoms with van der Waals surface area (Å²) in [4.78, 5) is 2.23. The van der Waals surface area contributed by atoms with Gasteiger partial charge in [-0.2, -0.15) is 5.26 Å². The maximum Gasteiger partial charge on any atom is 0.161 e. The van der Waals surface area contributed by atoms with Crippen LogP contribution >= 0.6 is 0 Å². The minimum Gasteiger partial charge on any atom is -0.490 e. The summed E-state index contributed by atoms with van der Waals surface area (Å²) in [6, 6.07) is 14.6. The Hall–Kier alpha value is -2.75. The maximum atomic E-state index is 9.68. The van der Waals surface area contributed by atoms with Gasteiger partial charge in [-0.05, 0) is 62.4 Å². The van der Waals surface area contributed by atoms with Gasteiger partial charge in [-0.15, -0.1) is 0 Å². The van der Waals surface area contributed by atoms with Crippen molar-refractivity contribution in [3.8, 4) is 17.6 Å². The van der Waals surface area contributed by atoms with Gasteiger partial charge in [0.15, 0.2) is 11.5 Å². The van der Waals surface area contributed by atoms with E-state index in [1.165, 1.54) is 11.1 Å². The normalized spacial score (nSPS) is 13.5. The van der Waals surface area contributed by atoms with Gasteiger partial charge >= 0.3 is 0 Å². The number of fused-ring (bicyclic) bond motifs is 1. The van der Waals surface area contributed by atoms with Gasteiger partial charge in [0.1, 0.15) is 12.7 Å². The summed E-state index contributed by atoms with van der Waals surface area (Å²) < 4.78 is 11.5. The summed E-state index contributed by atoms with van der Waals surface area (Å²) in [6.45, 7) is 7.90. The van der Waals surface area contributed by atoms with Crippen LogP contribution in [0.1, 0.15) is 37.0 Å². The molecule has 0 saturated carbocycles. The minimum absolute atomic E-state index is 0.177. The molecule has 1 aliphatic rings. The fraction of sp³-hybridized carbons (Fsp3) is 0.480. The van der Waals surface area contributed by atoms with Crippen molar-refractivity contribution >= 4 is 5.69 Å². The summed E-state index contributed by atoms with van der Waals surface area (Å²) in [7, 11) is 0. The van der Waals surface area contributed by atoms with Crippen LogP contribution in [0, 0.1) is 11.3 Å². The topological polar surface area (TPSA) is 77.8 Å². The van der Waals surface area contributed by atoms with Gasteiger partial charge in [0.05, 0.1) is 17.9 Å². The van der Waals surface area contributed by atoms with Crippen LogP contribution in [0.4, 0.5) is 5.69 Å². The third-order valence-corrected chi connectivity index (χ3v) is 5.47. The lowest BCUT2D eigenvalue weighted by Gasteiger charge is -2.21. The number of hydrogen-bond donors (Lipinski definition) is 2. The Balaban J connectivity index is 1.52. The van der Waals surface area contributed by atoms with E-state index in [1.807, 2.05) is 37.3 Å². The lowest BCUT2D eigenvalue weighted by Crippen LogP contribution is -2.32. The molecule has 0 saturated heterocycles. The molecule has 1 aliphatic heterocycles. The van der Waals surface area contributed by atoms with Crippen LogP contribution in [0.5, 0.6) is 11.5 Å². The third-order valence-electron chi connectivity index (χ3n) is 5.47. The molecule has 0 aromatic heterocycles. The van der Waals surface area contributed by atoms with E-state index in [9.17, 15) is 5.26 Å². The van der Waals surface area contributed by atoms with Crippen molar-refractivity contribution in [2.24, 2.45) is 0 Å². The molecule has 0 aliphatic carbocycles. The molecule has 1 heterocycles. The summed E-state index contributed by atoms with van der Waals surface area (Å²) >= 11 is 0. The molecular formula is C25H33N3O3. The second-order valence-electron chi connectivity index (χ2n) is 7.86. The van der Waals surface area contributed by atoms with Crippen LogP contribution in [0.15, 0.2) is 36.4 Å². The van der Waals surface area contributed by atoms with Crippen LogP contribution < -0.4 is 19.7 Å². The predicted molar refractivity (Wildman–Crippen MR) is 123 cm³/mol. The van der Waals surface area contributed by atoms with E-state index in [-0.39, 0.29) is 12.6 Å². The van der Waals surface area contributed by atoms with E-state index in [4.69, 9.17) is 14.6 Å². The number of ether oxygens (including phenoxy) is 2. The summed E-state index contributed by atoms with van der Waals surface area (Å²) in [5.74, 6) is 1.54. The molecule has 2 aromatic carbocycles. The molecule has 0 fully saturated rings. The molecule has 0 spiro atoms. The second-order valence-corrected chi connectivity index (χ2v) is 7.86. The van der Waals surface area contributed by atoms with Gasteiger partial charge in [-0.3, -0.25) is 0 Å². The SMILES string of the molecule is CCOc1ccccc1OCCNC(C)Cc1cc(C#N)c2c(c1)CCN2CCCO. The molecule has 31 heavy (non-hydrogen) atoms. The quantitative estimate of drug-likeness (QED) is 0.510. The molecule has 0 bridgehead atoms. The van der Waals surface area contributed by atoms with Gasteiger partial charge in [0.2, 0.25) is 0 Å². The van der Waals surface area contributed by atoms with Crippen LogP contribution in [0.25, 0.3) is 0 Å². The van der Waals surface area contributed by atoms with Gasteiger partial charge in [0, 0.05) is 32.3 Å². The van der Waals surface area contributed by atoms with Crippen LogP contribution in [0.2, 0.25) is 0 Å². The minimum atomic E-state index is 0.177. The fourth-order valence-electron chi connectivity index (χ4n) is 4.12. The van der Waals surface area contributed by atoms with Crippen LogP contribution in [0.3, 0.4) is 0 Å². The monoisotopic (exact) mass is 423 g/mol. The van der Waals surface area contributed by atoms with Gasteiger partial charge in [-0.1, -0.05) is 18.2 Å². The largest absolute Gasteiger partial charge is 0.490 e. The number of rotatable bonds is 12. The zero-order valence-corrected chi connectivity index (χ0v) is 18.6. The van der Waals surface area contributed by atoms with E-state index in [0.29, 0.717) is 13.2 Å². The van der Waals surface area contributed by atoms with Crippen molar-refractivity contribution in [3.63, 3.8) is 0 Å². The molecule has 2 aromatic rings.